The van der Waals surface area contributed by atoms with Gasteiger partial charge < -0.3 is 15.2 Å². The zero-order chi connectivity index (χ0) is 14.3. The first-order chi connectivity index (χ1) is 9.02. The van der Waals surface area contributed by atoms with E-state index >= 15 is 0 Å². The van der Waals surface area contributed by atoms with Crippen LogP contribution in [0.4, 0.5) is 0 Å². The normalized spacial score (nSPS) is 25.3. The lowest BCUT2D eigenvalue weighted by Crippen LogP contribution is -2.41. The fourth-order valence-corrected chi connectivity index (χ4v) is 2.68. The maximum Gasteiger partial charge on any atom is 0.246 e. The van der Waals surface area contributed by atoms with Gasteiger partial charge in [0, 0.05) is 12.6 Å². The molecule has 0 aromatic carbocycles. The number of aliphatic hydroxyl groups excluding tert-OH is 1. The topological polar surface area (TPSA) is 58.6 Å². The Hall–Kier alpha value is -0.610. The van der Waals surface area contributed by atoms with Gasteiger partial charge in [-0.15, -0.1) is 0 Å². The number of hydrogen-bond donors (Lipinski definition) is 2. The highest BCUT2D eigenvalue weighted by Gasteiger charge is 2.21. The van der Waals surface area contributed by atoms with Crippen molar-refractivity contribution in [2.75, 3.05) is 13.2 Å². The van der Waals surface area contributed by atoms with Crippen LogP contribution in [0, 0.1) is 11.8 Å². The van der Waals surface area contributed by atoms with Gasteiger partial charge in [0.05, 0.1) is 6.10 Å². The summed E-state index contributed by atoms with van der Waals surface area (Å²) in [5.41, 5.74) is 0. The van der Waals surface area contributed by atoms with E-state index in [1.54, 1.807) is 0 Å². The third-order valence-corrected chi connectivity index (χ3v) is 3.93. The van der Waals surface area contributed by atoms with Crippen molar-refractivity contribution in [2.24, 2.45) is 11.8 Å². The van der Waals surface area contributed by atoms with Crippen LogP contribution in [0.25, 0.3) is 0 Å². The Morgan fingerprint density at radius 1 is 1.42 bits per heavy atom. The zero-order valence-electron chi connectivity index (χ0n) is 12.5. The van der Waals surface area contributed by atoms with Crippen LogP contribution in [-0.4, -0.2) is 36.4 Å². The summed E-state index contributed by atoms with van der Waals surface area (Å²) in [5.74, 6) is 0.968. The van der Waals surface area contributed by atoms with Crippen molar-refractivity contribution >= 4 is 5.91 Å². The lowest BCUT2D eigenvalue weighted by Gasteiger charge is -2.27. The van der Waals surface area contributed by atoms with Crippen LogP contribution in [0.1, 0.15) is 52.9 Å². The minimum Gasteiger partial charge on any atom is -0.396 e. The molecular weight excluding hydrogens is 242 g/mol. The first kappa shape index (κ1) is 16.4. The van der Waals surface area contributed by atoms with E-state index in [1.807, 2.05) is 13.8 Å². The number of carbonyl (C=O) groups is 1. The molecule has 1 aliphatic rings. The first-order valence-electron chi connectivity index (χ1n) is 7.54. The predicted octanol–water partition coefficient (Wildman–Crippen LogP) is 2.10. The van der Waals surface area contributed by atoms with Crippen molar-refractivity contribution in [1.29, 1.82) is 0 Å². The molecule has 1 rings (SSSR count). The number of aliphatic hydroxyl groups is 1. The zero-order valence-corrected chi connectivity index (χ0v) is 12.5. The van der Waals surface area contributed by atoms with Crippen molar-refractivity contribution in [3.63, 3.8) is 0 Å². The summed E-state index contributed by atoms with van der Waals surface area (Å²) in [6.07, 6.45) is 5.46. The Kier molecular flexibility index (Phi) is 7.39. The molecule has 0 heterocycles. The molecule has 0 saturated heterocycles. The van der Waals surface area contributed by atoms with Crippen LogP contribution < -0.4 is 5.32 Å². The summed E-state index contributed by atoms with van der Waals surface area (Å²) in [4.78, 5) is 11.8. The second-order valence-electron chi connectivity index (χ2n) is 6.14. The molecule has 0 aromatic heterocycles. The van der Waals surface area contributed by atoms with E-state index in [0.717, 1.165) is 12.8 Å². The van der Waals surface area contributed by atoms with Gasteiger partial charge in [0.2, 0.25) is 5.91 Å². The monoisotopic (exact) mass is 271 g/mol. The van der Waals surface area contributed by atoms with E-state index in [2.05, 4.69) is 12.2 Å². The van der Waals surface area contributed by atoms with Gasteiger partial charge in [-0.05, 0) is 31.1 Å². The van der Waals surface area contributed by atoms with Crippen molar-refractivity contribution in [3.8, 4) is 0 Å². The lowest BCUT2D eigenvalue weighted by atomic mass is 9.89. The molecule has 3 atom stereocenters. The van der Waals surface area contributed by atoms with Gasteiger partial charge in [-0.1, -0.05) is 33.6 Å². The molecule has 19 heavy (non-hydrogen) atoms. The average molecular weight is 271 g/mol. The number of hydrogen-bond acceptors (Lipinski definition) is 3. The van der Waals surface area contributed by atoms with Crippen molar-refractivity contribution in [2.45, 2.75) is 65.0 Å². The maximum atomic E-state index is 11.8. The molecule has 0 bridgehead atoms. The van der Waals surface area contributed by atoms with Gasteiger partial charge in [0.25, 0.3) is 0 Å². The summed E-state index contributed by atoms with van der Waals surface area (Å²) < 4.78 is 5.70. The molecule has 1 fully saturated rings. The highest BCUT2D eigenvalue weighted by Crippen LogP contribution is 2.25. The van der Waals surface area contributed by atoms with E-state index in [-0.39, 0.29) is 31.3 Å². The lowest BCUT2D eigenvalue weighted by molar-refractivity contribution is -0.129. The van der Waals surface area contributed by atoms with E-state index in [0.29, 0.717) is 18.3 Å². The molecule has 1 aliphatic carbocycles. The van der Waals surface area contributed by atoms with Crippen LogP contribution >= 0.6 is 0 Å². The molecule has 112 valence electrons. The number of rotatable bonds is 7. The standard InChI is InChI=1S/C15H29NO3/c1-11(2)14(7-8-17)16-15(18)10-19-13-6-4-5-12(3)9-13/h11-14,17H,4-10H2,1-3H3,(H,16,18). The van der Waals surface area contributed by atoms with E-state index < -0.39 is 0 Å². The molecule has 3 unspecified atom stereocenters. The summed E-state index contributed by atoms with van der Waals surface area (Å²) in [6.45, 7) is 6.58. The molecule has 0 aliphatic heterocycles. The van der Waals surface area contributed by atoms with Gasteiger partial charge in [-0.25, -0.2) is 0 Å². The average Bonchev–Trinajstić information content (AvgIpc) is 2.36. The van der Waals surface area contributed by atoms with Gasteiger partial charge in [-0.2, -0.15) is 0 Å². The fourth-order valence-electron chi connectivity index (χ4n) is 2.68. The molecule has 0 aromatic rings. The summed E-state index contributed by atoms with van der Waals surface area (Å²) in [5, 5.41) is 11.9. The molecule has 1 saturated carbocycles. The predicted molar refractivity (Wildman–Crippen MR) is 75.8 cm³/mol. The Morgan fingerprint density at radius 2 is 2.16 bits per heavy atom. The minimum atomic E-state index is -0.0645. The van der Waals surface area contributed by atoms with Crippen LogP contribution in [-0.2, 0) is 9.53 Å². The maximum absolute atomic E-state index is 11.8. The third-order valence-electron chi connectivity index (χ3n) is 3.93. The van der Waals surface area contributed by atoms with E-state index in [1.165, 1.54) is 12.8 Å². The molecule has 4 nitrogen and oxygen atoms in total. The van der Waals surface area contributed by atoms with Crippen molar-refractivity contribution in [3.05, 3.63) is 0 Å². The fraction of sp³-hybridized carbons (Fsp3) is 0.933. The van der Waals surface area contributed by atoms with Crippen LogP contribution in [0.15, 0.2) is 0 Å². The van der Waals surface area contributed by atoms with Crippen LogP contribution in [0.5, 0.6) is 0 Å². The number of nitrogens with one attached hydrogen (secondary N) is 1. The second kappa shape index (κ2) is 8.54. The van der Waals surface area contributed by atoms with Gasteiger partial charge in [0.15, 0.2) is 0 Å². The molecule has 0 radical (unpaired) electrons. The largest absolute Gasteiger partial charge is 0.396 e. The highest BCUT2D eigenvalue weighted by atomic mass is 16.5. The first-order valence-corrected chi connectivity index (χ1v) is 7.54. The SMILES string of the molecule is CC1CCCC(OCC(=O)NC(CCO)C(C)C)C1. The van der Waals surface area contributed by atoms with Gasteiger partial charge in [0.1, 0.15) is 6.61 Å². The van der Waals surface area contributed by atoms with E-state index in [9.17, 15) is 4.79 Å². The van der Waals surface area contributed by atoms with Crippen LogP contribution in [0.3, 0.4) is 0 Å². The van der Waals surface area contributed by atoms with Crippen molar-refractivity contribution in [1.82, 2.24) is 5.32 Å². The minimum absolute atomic E-state index is 0.0337. The Bertz CT molecular complexity index is 268. The molecule has 2 N–H and O–H groups in total. The van der Waals surface area contributed by atoms with Gasteiger partial charge >= 0.3 is 0 Å². The molecule has 1 amide bonds. The Labute approximate surface area is 116 Å². The number of amides is 1. The van der Waals surface area contributed by atoms with Crippen LogP contribution in [0.2, 0.25) is 0 Å². The summed E-state index contributed by atoms with van der Waals surface area (Å²) in [6, 6.07) is 0.0337. The quantitative estimate of drug-likeness (QED) is 0.745. The van der Waals surface area contributed by atoms with Gasteiger partial charge in [-0.3, -0.25) is 4.79 Å². The smallest absolute Gasteiger partial charge is 0.246 e. The van der Waals surface area contributed by atoms with E-state index in [4.69, 9.17) is 9.84 Å². The third kappa shape index (κ3) is 6.39. The second-order valence-corrected chi connectivity index (χ2v) is 6.14. The molecular formula is C15H29NO3. The summed E-state index contributed by atoms with van der Waals surface area (Å²) in [7, 11) is 0. The Morgan fingerprint density at radius 3 is 2.74 bits per heavy atom. The Balaban J connectivity index is 2.26. The number of ether oxygens (including phenoxy) is 1. The van der Waals surface area contributed by atoms with Crippen molar-refractivity contribution < 1.29 is 14.6 Å². The summed E-state index contributed by atoms with van der Waals surface area (Å²) >= 11 is 0. The molecule has 4 heteroatoms. The number of carbonyl (C=O) groups excluding carboxylic acids is 1. The highest BCUT2D eigenvalue weighted by molar-refractivity contribution is 5.77. The molecule has 0 spiro atoms.